The monoisotopic (exact) mass is 249 g/mol. The molecular weight excluding hydrogens is 216 g/mol. The number of hydrogen-bond donors (Lipinski definition) is 0. The third-order valence-corrected chi connectivity index (χ3v) is 3.19. The lowest BCUT2D eigenvalue weighted by atomic mass is 10.1. The molecule has 0 aliphatic rings. The van der Waals surface area contributed by atoms with Crippen LogP contribution in [0, 0.1) is 6.42 Å². The average molecular weight is 249 g/mol. The SMILES string of the molecule is C[CH]CCCCCC/C=C\C/C=C\CCCCC. The Bertz CT molecular complexity index is 188. The molecule has 0 spiro atoms. The molecule has 105 valence electrons. The molecule has 0 aliphatic heterocycles. The van der Waals surface area contributed by atoms with Gasteiger partial charge in [0.2, 0.25) is 0 Å². The highest BCUT2D eigenvalue weighted by Gasteiger charge is 1.87. The Kier molecular flexibility index (Phi) is 16.0. The van der Waals surface area contributed by atoms with E-state index in [4.69, 9.17) is 0 Å². The Morgan fingerprint density at radius 2 is 1.17 bits per heavy atom. The number of allylic oxidation sites excluding steroid dienone is 4. The smallest absolute Gasteiger partial charge is 0.0169 e. The van der Waals surface area contributed by atoms with Gasteiger partial charge in [-0.25, -0.2) is 0 Å². The summed E-state index contributed by atoms with van der Waals surface area (Å²) in [6, 6.07) is 0. The standard InChI is InChI=1S/C18H33/c1-3-5-7-9-11-13-15-17-18-16-14-12-10-8-6-4-2/h3,12,14,17-18H,4-11,13,15-16H2,1-2H3/b14-12-,18-17-. The summed E-state index contributed by atoms with van der Waals surface area (Å²) in [5.74, 6) is 0. The lowest BCUT2D eigenvalue weighted by molar-refractivity contribution is 0.642. The van der Waals surface area contributed by atoms with Gasteiger partial charge in [-0.05, 0) is 38.5 Å². The highest BCUT2D eigenvalue weighted by atomic mass is 13.9. The van der Waals surface area contributed by atoms with Gasteiger partial charge in [0.25, 0.3) is 0 Å². The summed E-state index contributed by atoms with van der Waals surface area (Å²) in [6.45, 7) is 4.41. The van der Waals surface area contributed by atoms with Gasteiger partial charge in [-0.15, -0.1) is 0 Å². The molecule has 0 bridgehead atoms. The molecular formula is C18H33. The molecule has 18 heavy (non-hydrogen) atoms. The molecule has 0 saturated heterocycles. The van der Waals surface area contributed by atoms with Crippen molar-refractivity contribution in [1.82, 2.24) is 0 Å². The van der Waals surface area contributed by atoms with Crippen molar-refractivity contribution < 1.29 is 0 Å². The first-order valence-electron chi connectivity index (χ1n) is 7.99. The van der Waals surface area contributed by atoms with E-state index in [1.807, 2.05) is 0 Å². The van der Waals surface area contributed by atoms with Gasteiger partial charge in [-0.3, -0.25) is 0 Å². The van der Waals surface area contributed by atoms with Crippen molar-refractivity contribution in [1.29, 1.82) is 0 Å². The van der Waals surface area contributed by atoms with Gasteiger partial charge in [0, 0.05) is 0 Å². The zero-order valence-electron chi connectivity index (χ0n) is 12.7. The van der Waals surface area contributed by atoms with Gasteiger partial charge in [0.15, 0.2) is 0 Å². The van der Waals surface area contributed by atoms with E-state index in [0.717, 1.165) is 6.42 Å². The molecule has 0 fully saturated rings. The first kappa shape index (κ1) is 17.5. The van der Waals surface area contributed by atoms with E-state index in [1.54, 1.807) is 0 Å². The van der Waals surface area contributed by atoms with Crippen LogP contribution in [0.5, 0.6) is 0 Å². The van der Waals surface area contributed by atoms with Gasteiger partial charge in [0.05, 0.1) is 0 Å². The second-order valence-electron chi connectivity index (χ2n) is 5.07. The van der Waals surface area contributed by atoms with Gasteiger partial charge >= 0.3 is 0 Å². The van der Waals surface area contributed by atoms with Crippen molar-refractivity contribution in [2.45, 2.75) is 84.5 Å². The summed E-state index contributed by atoms with van der Waals surface area (Å²) >= 11 is 0. The molecule has 0 atom stereocenters. The largest absolute Gasteiger partial charge is 0.0882 e. The van der Waals surface area contributed by atoms with Crippen molar-refractivity contribution >= 4 is 0 Å². The van der Waals surface area contributed by atoms with Crippen molar-refractivity contribution in [2.75, 3.05) is 0 Å². The molecule has 0 nitrogen and oxygen atoms in total. The lowest BCUT2D eigenvalue weighted by Crippen LogP contribution is -1.77. The zero-order valence-corrected chi connectivity index (χ0v) is 12.7. The van der Waals surface area contributed by atoms with Crippen LogP contribution in [-0.2, 0) is 0 Å². The van der Waals surface area contributed by atoms with Crippen LogP contribution in [0.3, 0.4) is 0 Å². The van der Waals surface area contributed by atoms with E-state index in [1.165, 1.54) is 64.2 Å². The quantitative estimate of drug-likeness (QED) is 0.254. The zero-order chi connectivity index (χ0) is 13.3. The van der Waals surface area contributed by atoms with E-state index in [-0.39, 0.29) is 0 Å². The van der Waals surface area contributed by atoms with Crippen LogP contribution in [0.1, 0.15) is 84.5 Å². The van der Waals surface area contributed by atoms with Crippen LogP contribution in [-0.4, -0.2) is 0 Å². The van der Waals surface area contributed by atoms with Gasteiger partial charge in [0.1, 0.15) is 0 Å². The second-order valence-corrected chi connectivity index (χ2v) is 5.07. The third-order valence-electron chi connectivity index (χ3n) is 3.19. The van der Waals surface area contributed by atoms with Crippen LogP contribution in [0.4, 0.5) is 0 Å². The molecule has 0 rings (SSSR count). The highest BCUT2D eigenvalue weighted by molar-refractivity contribution is 4.92. The van der Waals surface area contributed by atoms with Crippen LogP contribution in [0.15, 0.2) is 24.3 Å². The van der Waals surface area contributed by atoms with E-state index in [9.17, 15) is 0 Å². The van der Waals surface area contributed by atoms with Crippen molar-refractivity contribution in [2.24, 2.45) is 0 Å². The minimum atomic E-state index is 1.12. The van der Waals surface area contributed by atoms with Crippen LogP contribution >= 0.6 is 0 Å². The van der Waals surface area contributed by atoms with Gasteiger partial charge in [-0.2, -0.15) is 0 Å². The topological polar surface area (TPSA) is 0 Å². The summed E-state index contributed by atoms with van der Waals surface area (Å²) < 4.78 is 0. The molecule has 0 saturated carbocycles. The molecule has 0 aromatic carbocycles. The molecule has 0 aromatic rings. The summed E-state index contributed by atoms with van der Waals surface area (Å²) in [5, 5.41) is 0. The highest BCUT2D eigenvalue weighted by Crippen LogP contribution is 2.07. The van der Waals surface area contributed by atoms with Crippen molar-refractivity contribution in [3.63, 3.8) is 0 Å². The number of rotatable bonds is 13. The van der Waals surface area contributed by atoms with Gasteiger partial charge < -0.3 is 0 Å². The Morgan fingerprint density at radius 1 is 0.611 bits per heavy atom. The normalized spacial score (nSPS) is 11.9. The Morgan fingerprint density at radius 3 is 1.72 bits per heavy atom. The fraction of sp³-hybridized carbons (Fsp3) is 0.722. The minimum absolute atomic E-state index is 1.12. The molecule has 0 heterocycles. The Hall–Kier alpha value is -0.520. The fourth-order valence-electron chi connectivity index (χ4n) is 1.98. The molecule has 1 radical (unpaired) electrons. The maximum Gasteiger partial charge on any atom is -0.0169 e. The Balaban J connectivity index is 3.13. The maximum absolute atomic E-state index is 2.35. The fourth-order valence-corrected chi connectivity index (χ4v) is 1.98. The molecule has 0 aliphatic carbocycles. The average Bonchev–Trinajstić information content (AvgIpc) is 2.39. The summed E-state index contributed by atoms with van der Waals surface area (Å²) in [5.41, 5.74) is 0. The molecule has 0 heteroatoms. The lowest BCUT2D eigenvalue weighted by Gasteiger charge is -1.97. The van der Waals surface area contributed by atoms with Crippen LogP contribution in [0.25, 0.3) is 0 Å². The van der Waals surface area contributed by atoms with E-state index in [2.05, 4.69) is 44.6 Å². The molecule has 0 amide bonds. The molecule has 0 aromatic heterocycles. The van der Waals surface area contributed by atoms with E-state index in [0.29, 0.717) is 0 Å². The number of unbranched alkanes of at least 4 members (excludes halogenated alkanes) is 9. The summed E-state index contributed by atoms with van der Waals surface area (Å²) in [7, 11) is 0. The molecule has 0 unspecified atom stereocenters. The first-order valence-corrected chi connectivity index (χ1v) is 7.99. The van der Waals surface area contributed by atoms with E-state index >= 15 is 0 Å². The van der Waals surface area contributed by atoms with E-state index < -0.39 is 0 Å². The minimum Gasteiger partial charge on any atom is -0.0882 e. The third kappa shape index (κ3) is 15.5. The van der Waals surface area contributed by atoms with Crippen molar-refractivity contribution in [3.05, 3.63) is 30.7 Å². The van der Waals surface area contributed by atoms with Gasteiger partial charge in [-0.1, -0.05) is 76.7 Å². The predicted octanol–water partition coefficient (Wildman–Crippen LogP) is 6.63. The first-order chi connectivity index (χ1) is 8.91. The number of hydrogen-bond acceptors (Lipinski definition) is 0. The summed E-state index contributed by atoms with van der Waals surface area (Å²) in [6.07, 6.45) is 26.1. The van der Waals surface area contributed by atoms with Crippen molar-refractivity contribution in [3.8, 4) is 0 Å². The molecule has 0 N–H and O–H groups in total. The Labute approximate surface area is 116 Å². The maximum atomic E-state index is 2.35. The van der Waals surface area contributed by atoms with Crippen LogP contribution < -0.4 is 0 Å². The second kappa shape index (κ2) is 16.5. The van der Waals surface area contributed by atoms with Crippen LogP contribution in [0.2, 0.25) is 0 Å². The predicted molar refractivity (Wildman–Crippen MR) is 84.7 cm³/mol. The summed E-state index contributed by atoms with van der Waals surface area (Å²) in [4.78, 5) is 0.